The monoisotopic (exact) mass is 296 g/mol. The van der Waals surface area contributed by atoms with Gasteiger partial charge in [0.1, 0.15) is 5.92 Å². The van der Waals surface area contributed by atoms with Crippen molar-refractivity contribution in [1.29, 1.82) is 0 Å². The maximum atomic E-state index is 12.7. The molecule has 1 unspecified atom stereocenters. The van der Waals surface area contributed by atoms with E-state index >= 15 is 0 Å². The molecule has 1 aromatic heterocycles. The highest BCUT2D eigenvalue weighted by molar-refractivity contribution is 7.22. The molecule has 0 bridgehead atoms. The standard InChI is InChI=1S/C12H10F2N4OS/c13-12(14)5-6(12)9(19)17-10(15)18-11-16-7-3-1-2-4-8(7)20-11/h1-4,6H,5H2,(H3,15,16,17,18,19). The van der Waals surface area contributed by atoms with Crippen molar-refractivity contribution in [2.45, 2.75) is 12.3 Å². The largest absolute Gasteiger partial charge is 0.369 e. The Morgan fingerprint density at radius 2 is 2.20 bits per heavy atom. The molecule has 104 valence electrons. The minimum Gasteiger partial charge on any atom is -0.369 e. The zero-order valence-corrected chi connectivity index (χ0v) is 11.0. The average molecular weight is 296 g/mol. The molecule has 3 rings (SSSR count). The third-order valence-electron chi connectivity index (χ3n) is 2.88. The molecule has 5 nitrogen and oxygen atoms in total. The number of aliphatic imine (C=N–C) groups is 1. The molecular weight excluding hydrogens is 286 g/mol. The summed E-state index contributed by atoms with van der Waals surface area (Å²) in [6.07, 6.45) is -0.455. The molecule has 0 radical (unpaired) electrons. The molecule has 0 saturated heterocycles. The van der Waals surface area contributed by atoms with E-state index in [9.17, 15) is 13.6 Å². The average Bonchev–Trinajstić information content (AvgIpc) is 2.82. The van der Waals surface area contributed by atoms with Gasteiger partial charge < -0.3 is 11.1 Å². The lowest BCUT2D eigenvalue weighted by molar-refractivity contribution is -0.121. The molecule has 20 heavy (non-hydrogen) atoms. The summed E-state index contributed by atoms with van der Waals surface area (Å²) in [4.78, 5) is 19.1. The Hall–Kier alpha value is -2.09. The molecule has 2 aromatic rings. The van der Waals surface area contributed by atoms with Gasteiger partial charge in [0, 0.05) is 6.42 Å². The van der Waals surface area contributed by atoms with Crippen molar-refractivity contribution in [3.63, 3.8) is 0 Å². The van der Waals surface area contributed by atoms with Gasteiger partial charge in [-0.3, -0.25) is 4.79 Å². The van der Waals surface area contributed by atoms with Gasteiger partial charge in [0.05, 0.1) is 10.2 Å². The number of benzene rings is 1. The van der Waals surface area contributed by atoms with Gasteiger partial charge in [0.25, 0.3) is 11.8 Å². The van der Waals surface area contributed by atoms with Crippen LogP contribution in [-0.4, -0.2) is 22.8 Å². The first-order chi connectivity index (χ1) is 9.45. The van der Waals surface area contributed by atoms with Gasteiger partial charge in [0.2, 0.25) is 5.96 Å². The van der Waals surface area contributed by atoms with Gasteiger partial charge in [-0.2, -0.15) is 4.99 Å². The molecule has 0 spiro atoms. The van der Waals surface area contributed by atoms with Crippen LogP contribution in [0.4, 0.5) is 13.9 Å². The van der Waals surface area contributed by atoms with E-state index in [0.29, 0.717) is 5.13 Å². The number of nitrogens with two attached hydrogens (primary N) is 1. The van der Waals surface area contributed by atoms with Crippen LogP contribution in [-0.2, 0) is 4.79 Å². The Morgan fingerprint density at radius 3 is 2.85 bits per heavy atom. The first-order valence-electron chi connectivity index (χ1n) is 5.84. The highest BCUT2D eigenvalue weighted by atomic mass is 32.1. The number of thiazole rings is 1. The van der Waals surface area contributed by atoms with E-state index in [-0.39, 0.29) is 5.96 Å². The van der Waals surface area contributed by atoms with E-state index in [0.717, 1.165) is 10.2 Å². The van der Waals surface area contributed by atoms with E-state index in [4.69, 9.17) is 5.73 Å². The zero-order chi connectivity index (χ0) is 14.3. The molecule has 1 aromatic carbocycles. The summed E-state index contributed by atoms with van der Waals surface area (Å²) in [6, 6.07) is 7.45. The quantitative estimate of drug-likeness (QED) is 0.657. The number of carbonyl (C=O) groups excluding carboxylic acids is 1. The van der Waals surface area contributed by atoms with Crippen LogP contribution in [0.3, 0.4) is 0 Å². The first kappa shape index (κ1) is 12.9. The zero-order valence-electron chi connectivity index (χ0n) is 10.1. The van der Waals surface area contributed by atoms with E-state index in [1.807, 2.05) is 24.3 Å². The smallest absolute Gasteiger partial charge is 0.260 e. The predicted octanol–water partition coefficient (Wildman–Crippen LogP) is 2.20. The van der Waals surface area contributed by atoms with E-state index in [1.165, 1.54) is 11.3 Å². The maximum absolute atomic E-state index is 12.7. The number of halogens is 2. The second-order valence-corrected chi connectivity index (χ2v) is 5.50. The number of amides is 1. The predicted molar refractivity (Wildman–Crippen MR) is 72.9 cm³/mol. The van der Waals surface area contributed by atoms with Crippen molar-refractivity contribution in [2.75, 3.05) is 5.32 Å². The second-order valence-electron chi connectivity index (χ2n) is 4.46. The topological polar surface area (TPSA) is 80.4 Å². The summed E-state index contributed by atoms with van der Waals surface area (Å²) in [6.45, 7) is 0. The summed E-state index contributed by atoms with van der Waals surface area (Å²) < 4.78 is 26.4. The number of hydrogen-bond donors (Lipinski definition) is 2. The Labute approximate surface area is 116 Å². The SMILES string of the molecule is N/C(=N\C(=O)C1CC1(F)F)Nc1nc2ccccc2s1. The van der Waals surface area contributed by atoms with Crippen LogP contribution in [0.1, 0.15) is 6.42 Å². The number of anilines is 1. The lowest BCUT2D eigenvalue weighted by atomic mass is 10.3. The Balaban J connectivity index is 1.72. The molecule has 8 heteroatoms. The molecule has 3 N–H and O–H groups in total. The van der Waals surface area contributed by atoms with Gasteiger partial charge in [-0.1, -0.05) is 23.5 Å². The Morgan fingerprint density at radius 1 is 1.50 bits per heavy atom. The molecule has 1 atom stereocenters. The van der Waals surface area contributed by atoms with Crippen LogP contribution in [0, 0.1) is 5.92 Å². The molecule has 1 heterocycles. The van der Waals surface area contributed by atoms with Gasteiger partial charge in [0.15, 0.2) is 5.13 Å². The molecule has 1 aliphatic rings. The van der Waals surface area contributed by atoms with Crippen LogP contribution in [0.5, 0.6) is 0 Å². The number of hydrogen-bond acceptors (Lipinski definition) is 3. The van der Waals surface area contributed by atoms with Crippen LogP contribution in [0.25, 0.3) is 10.2 Å². The fraction of sp³-hybridized carbons (Fsp3) is 0.250. The lowest BCUT2D eigenvalue weighted by Crippen LogP contribution is -2.24. The Bertz CT molecular complexity index is 679. The van der Waals surface area contributed by atoms with Crippen molar-refractivity contribution in [1.82, 2.24) is 4.98 Å². The molecular formula is C12H10F2N4OS. The van der Waals surface area contributed by atoms with Crippen molar-refractivity contribution in [2.24, 2.45) is 16.6 Å². The number of rotatable bonds is 2. The fourth-order valence-corrected chi connectivity index (χ4v) is 2.61. The van der Waals surface area contributed by atoms with Crippen molar-refractivity contribution < 1.29 is 13.6 Å². The van der Waals surface area contributed by atoms with Gasteiger partial charge in [-0.05, 0) is 12.1 Å². The summed E-state index contributed by atoms with van der Waals surface area (Å²) >= 11 is 1.33. The number of guanidine groups is 1. The minimum atomic E-state index is -2.93. The second kappa shape index (κ2) is 4.48. The Kier molecular flexibility index (Phi) is 2.89. The molecule has 1 fully saturated rings. The maximum Gasteiger partial charge on any atom is 0.260 e. The number of para-hydroxylation sites is 1. The van der Waals surface area contributed by atoms with Crippen molar-refractivity contribution in [3.8, 4) is 0 Å². The van der Waals surface area contributed by atoms with Crippen LogP contribution < -0.4 is 11.1 Å². The van der Waals surface area contributed by atoms with Crippen LogP contribution in [0.15, 0.2) is 29.3 Å². The first-order valence-corrected chi connectivity index (χ1v) is 6.66. The number of carbonyl (C=O) groups is 1. The third kappa shape index (κ3) is 2.46. The molecule has 0 aliphatic heterocycles. The summed E-state index contributed by atoms with van der Waals surface area (Å²) in [5.74, 6) is -5.40. The third-order valence-corrected chi connectivity index (χ3v) is 3.84. The molecule has 1 amide bonds. The van der Waals surface area contributed by atoms with E-state index < -0.39 is 24.2 Å². The van der Waals surface area contributed by atoms with E-state index in [1.54, 1.807) is 0 Å². The number of alkyl halides is 2. The normalized spacial score (nSPS) is 20.9. The fourth-order valence-electron chi connectivity index (χ4n) is 1.74. The van der Waals surface area contributed by atoms with Gasteiger partial charge in [-0.15, -0.1) is 0 Å². The summed E-state index contributed by atoms with van der Waals surface area (Å²) in [5, 5.41) is 3.10. The minimum absolute atomic E-state index is 0.225. The summed E-state index contributed by atoms with van der Waals surface area (Å²) in [5.41, 5.74) is 6.31. The lowest BCUT2D eigenvalue weighted by Gasteiger charge is -2.00. The highest BCUT2D eigenvalue weighted by Crippen LogP contribution is 2.49. The van der Waals surface area contributed by atoms with Crippen molar-refractivity contribution in [3.05, 3.63) is 24.3 Å². The molecule has 1 saturated carbocycles. The number of fused-ring (bicyclic) bond motifs is 1. The van der Waals surface area contributed by atoms with Crippen molar-refractivity contribution >= 4 is 38.6 Å². The number of aromatic nitrogens is 1. The highest BCUT2D eigenvalue weighted by Gasteiger charge is 2.61. The van der Waals surface area contributed by atoms with E-state index in [2.05, 4.69) is 15.3 Å². The van der Waals surface area contributed by atoms with Gasteiger partial charge in [-0.25, -0.2) is 13.8 Å². The number of nitrogens with one attached hydrogen (secondary N) is 1. The number of nitrogens with zero attached hydrogens (tertiary/aromatic N) is 2. The molecule has 1 aliphatic carbocycles. The summed E-state index contributed by atoms with van der Waals surface area (Å²) in [7, 11) is 0. The van der Waals surface area contributed by atoms with Crippen LogP contribution >= 0.6 is 11.3 Å². The van der Waals surface area contributed by atoms with Gasteiger partial charge >= 0.3 is 0 Å². The van der Waals surface area contributed by atoms with Crippen LogP contribution in [0.2, 0.25) is 0 Å².